The van der Waals surface area contributed by atoms with Gasteiger partial charge in [-0.2, -0.15) is 0 Å². The lowest BCUT2D eigenvalue weighted by Gasteiger charge is -2.37. The zero-order valence-corrected chi connectivity index (χ0v) is 10.1. The zero-order chi connectivity index (χ0) is 11.7. The summed E-state index contributed by atoms with van der Waals surface area (Å²) >= 11 is 0. The fourth-order valence-corrected chi connectivity index (χ4v) is 2.51. The molecule has 1 fully saturated rings. The van der Waals surface area contributed by atoms with Gasteiger partial charge in [0.05, 0.1) is 23.9 Å². The van der Waals surface area contributed by atoms with Crippen LogP contribution in [-0.2, 0) is 4.74 Å². The number of fused-ring (bicyclic) bond motifs is 1. The summed E-state index contributed by atoms with van der Waals surface area (Å²) in [5.41, 5.74) is 0. The van der Waals surface area contributed by atoms with Crippen molar-refractivity contribution in [2.75, 3.05) is 26.3 Å². The first-order valence-corrected chi connectivity index (χ1v) is 6.22. The fraction of sp³-hybridized carbons (Fsp3) is 0.538. The summed E-state index contributed by atoms with van der Waals surface area (Å²) in [4.78, 5) is 12.0. The number of para-hydroxylation sites is 2. The maximum atomic E-state index is 5.40. The molecular weight excluding hydrogens is 214 g/mol. The highest BCUT2D eigenvalue weighted by Crippen LogP contribution is 2.24. The van der Waals surface area contributed by atoms with Gasteiger partial charge in [-0.15, -0.1) is 0 Å². The second-order valence-corrected chi connectivity index (χ2v) is 4.44. The molecule has 0 amide bonds. The molecule has 0 saturated carbocycles. The van der Waals surface area contributed by atoms with Gasteiger partial charge in [0.1, 0.15) is 0 Å². The normalized spacial score (nSPS) is 22.6. The second-order valence-electron chi connectivity index (χ2n) is 4.44. The molecule has 0 bridgehead atoms. The van der Waals surface area contributed by atoms with Crippen molar-refractivity contribution in [1.29, 1.82) is 0 Å². The fourth-order valence-electron chi connectivity index (χ4n) is 2.51. The number of morpholine rings is 1. The molecule has 0 spiro atoms. The van der Waals surface area contributed by atoms with Crippen LogP contribution in [0.4, 0.5) is 0 Å². The maximum absolute atomic E-state index is 5.40. The summed E-state index contributed by atoms with van der Waals surface area (Å²) in [5.74, 6) is -0.381. The summed E-state index contributed by atoms with van der Waals surface area (Å²) in [6.07, 6.45) is 0.904. The van der Waals surface area contributed by atoms with Crippen LogP contribution in [0.15, 0.2) is 34.3 Å². The summed E-state index contributed by atoms with van der Waals surface area (Å²) < 4.78 is 5.40. The molecule has 3 rings (SSSR count). The zero-order valence-electron chi connectivity index (χ0n) is 10.1. The van der Waals surface area contributed by atoms with E-state index in [9.17, 15) is 0 Å². The van der Waals surface area contributed by atoms with Crippen molar-refractivity contribution >= 4 is 0 Å². The van der Waals surface area contributed by atoms with Gasteiger partial charge in [-0.25, -0.2) is 9.98 Å². The van der Waals surface area contributed by atoms with Crippen molar-refractivity contribution < 1.29 is 4.74 Å². The average molecular weight is 231 g/mol. The Bertz CT molecular complexity index is 485. The van der Waals surface area contributed by atoms with Gasteiger partial charge in [-0.1, -0.05) is 19.1 Å². The molecule has 4 heteroatoms. The first-order chi connectivity index (χ1) is 8.34. The molecule has 90 valence electrons. The molecule has 4 nitrogen and oxygen atoms in total. The van der Waals surface area contributed by atoms with Crippen molar-refractivity contribution in [3.63, 3.8) is 0 Å². The van der Waals surface area contributed by atoms with Crippen molar-refractivity contribution in [1.82, 2.24) is 4.90 Å². The molecule has 0 unspecified atom stereocenters. The van der Waals surface area contributed by atoms with Crippen LogP contribution in [0, 0.1) is 0 Å². The Morgan fingerprint density at radius 1 is 1.18 bits per heavy atom. The summed E-state index contributed by atoms with van der Waals surface area (Å²) in [5, 5.41) is 2.03. The van der Waals surface area contributed by atoms with Gasteiger partial charge >= 0.3 is 0 Å². The van der Waals surface area contributed by atoms with E-state index in [4.69, 9.17) is 14.7 Å². The Kier molecular flexibility index (Phi) is 2.68. The van der Waals surface area contributed by atoms with E-state index in [-0.39, 0.29) is 5.79 Å². The van der Waals surface area contributed by atoms with Crippen LogP contribution in [0.1, 0.15) is 13.3 Å². The Hall–Kier alpha value is -1.26. The SMILES string of the molecule is CCC1(N2CCOCC2)N=c2ccccc2=N1. The van der Waals surface area contributed by atoms with Crippen LogP contribution in [-0.4, -0.2) is 37.0 Å². The number of nitrogens with zero attached hydrogens (tertiary/aromatic N) is 3. The molecule has 1 aromatic rings. The number of ether oxygens (including phenoxy) is 1. The van der Waals surface area contributed by atoms with Crippen LogP contribution < -0.4 is 10.7 Å². The Morgan fingerprint density at radius 2 is 1.76 bits per heavy atom. The number of rotatable bonds is 2. The molecule has 0 aromatic heterocycles. The molecule has 2 aliphatic rings. The maximum Gasteiger partial charge on any atom is 0.208 e. The van der Waals surface area contributed by atoms with Gasteiger partial charge in [0.2, 0.25) is 5.79 Å². The standard InChI is InChI=1S/C13H17N3O/c1-2-13(16-7-9-17-10-8-16)14-11-5-3-4-6-12(11)15-13/h3-6H,2,7-10H2,1H3. The van der Waals surface area contributed by atoms with Gasteiger partial charge in [0, 0.05) is 19.5 Å². The quantitative estimate of drug-likeness (QED) is 0.736. The van der Waals surface area contributed by atoms with E-state index in [1.54, 1.807) is 0 Å². The van der Waals surface area contributed by atoms with Gasteiger partial charge < -0.3 is 4.74 Å². The average Bonchev–Trinajstić information content (AvgIpc) is 2.79. The highest BCUT2D eigenvalue weighted by molar-refractivity contribution is 5.07. The third-order valence-corrected chi connectivity index (χ3v) is 3.47. The van der Waals surface area contributed by atoms with Crippen molar-refractivity contribution in [3.8, 4) is 0 Å². The number of hydrogen-bond donors (Lipinski definition) is 0. The van der Waals surface area contributed by atoms with Crippen LogP contribution in [0.3, 0.4) is 0 Å². The van der Waals surface area contributed by atoms with Crippen molar-refractivity contribution in [2.24, 2.45) is 9.98 Å². The highest BCUT2D eigenvalue weighted by Gasteiger charge is 2.36. The van der Waals surface area contributed by atoms with E-state index in [1.165, 1.54) is 0 Å². The lowest BCUT2D eigenvalue weighted by atomic mass is 10.2. The predicted octanol–water partition coefficient (Wildman–Crippen LogP) is 0.335. The first kappa shape index (κ1) is 10.9. The van der Waals surface area contributed by atoms with Gasteiger partial charge in [0.25, 0.3) is 0 Å². The largest absolute Gasteiger partial charge is 0.379 e. The minimum Gasteiger partial charge on any atom is -0.379 e. The van der Waals surface area contributed by atoms with Crippen LogP contribution in [0.2, 0.25) is 0 Å². The minimum absolute atomic E-state index is 0.381. The van der Waals surface area contributed by atoms with Crippen molar-refractivity contribution in [3.05, 3.63) is 35.0 Å². The summed E-state index contributed by atoms with van der Waals surface area (Å²) in [6, 6.07) is 8.11. The van der Waals surface area contributed by atoms with E-state index in [1.807, 2.05) is 24.3 Å². The van der Waals surface area contributed by atoms with E-state index >= 15 is 0 Å². The second kappa shape index (κ2) is 4.20. The predicted molar refractivity (Wildman–Crippen MR) is 64.2 cm³/mol. The van der Waals surface area contributed by atoms with Crippen molar-refractivity contribution in [2.45, 2.75) is 19.1 Å². The molecule has 0 aliphatic carbocycles. The van der Waals surface area contributed by atoms with Gasteiger partial charge in [0.15, 0.2) is 0 Å². The van der Waals surface area contributed by atoms with Gasteiger partial charge in [-0.3, -0.25) is 4.90 Å². The molecular formula is C13H17N3O. The first-order valence-electron chi connectivity index (χ1n) is 6.22. The Morgan fingerprint density at radius 3 is 2.29 bits per heavy atom. The van der Waals surface area contributed by atoms with E-state index < -0.39 is 0 Å². The van der Waals surface area contributed by atoms with Crippen LogP contribution in [0.5, 0.6) is 0 Å². The van der Waals surface area contributed by atoms with E-state index in [0.29, 0.717) is 0 Å². The molecule has 0 N–H and O–H groups in total. The topological polar surface area (TPSA) is 37.2 Å². The monoisotopic (exact) mass is 231 g/mol. The Labute approximate surface area is 101 Å². The molecule has 17 heavy (non-hydrogen) atoms. The molecule has 2 aliphatic heterocycles. The number of benzene rings is 1. The van der Waals surface area contributed by atoms with E-state index in [2.05, 4.69) is 11.8 Å². The molecule has 0 radical (unpaired) electrons. The molecule has 1 aromatic carbocycles. The lowest BCUT2D eigenvalue weighted by molar-refractivity contribution is -0.0188. The lowest BCUT2D eigenvalue weighted by Crippen LogP contribution is -2.50. The third-order valence-electron chi connectivity index (χ3n) is 3.47. The molecule has 0 atom stereocenters. The summed E-state index contributed by atoms with van der Waals surface area (Å²) in [7, 11) is 0. The van der Waals surface area contributed by atoms with E-state index in [0.717, 1.165) is 43.4 Å². The number of hydrogen-bond acceptors (Lipinski definition) is 4. The van der Waals surface area contributed by atoms with Crippen LogP contribution >= 0.6 is 0 Å². The smallest absolute Gasteiger partial charge is 0.208 e. The molecule has 2 heterocycles. The molecule has 1 saturated heterocycles. The Balaban J connectivity index is 2.03. The minimum atomic E-state index is -0.381. The van der Waals surface area contributed by atoms with Crippen LogP contribution in [0.25, 0.3) is 0 Å². The summed E-state index contributed by atoms with van der Waals surface area (Å²) in [6.45, 7) is 5.53. The third kappa shape index (κ3) is 1.77. The highest BCUT2D eigenvalue weighted by atomic mass is 16.5. The van der Waals surface area contributed by atoms with Gasteiger partial charge in [-0.05, 0) is 12.1 Å².